The molecule has 3 rings (SSSR count). The fraction of sp³-hybridized carbons (Fsp3) is 0.500. The average molecular weight is 273 g/mol. The van der Waals surface area contributed by atoms with Crippen LogP contribution in [0.25, 0.3) is 0 Å². The molecular formula is C14H19N5O. The second-order valence-electron chi connectivity index (χ2n) is 5.41. The number of aromatic nitrogens is 4. The van der Waals surface area contributed by atoms with Crippen molar-refractivity contribution in [3.8, 4) is 0 Å². The van der Waals surface area contributed by atoms with Gasteiger partial charge >= 0.3 is 0 Å². The molecular weight excluding hydrogens is 254 g/mol. The van der Waals surface area contributed by atoms with Crippen LogP contribution in [0.5, 0.6) is 0 Å². The summed E-state index contributed by atoms with van der Waals surface area (Å²) in [5.41, 5.74) is 2.62. The largest absolute Gasteiger partial charge is 0.383 e. The number of rotatable bonds is 3. The van der Waals surface area contributed by atoms with Crippen molar-refractivity contribution in [1.29, 1.82) is 0 Å². The molecule has 6 heteroatoms. The normalized spacial score (nSPS) is 14.2. The number of nitrogens with zero attached hydrogens (tertiary/aromatic N) is 4. The van der Waals surface area contributed by atoms with E-state index < -0.39 is 0 Å². The van der Waals surface area contributed by atoms with Gasteiger partial charge in [0.1, 0.15) is 0 Å². The summed E-state index contributed by atoms with van der Waals surface area (Å²) in [6, 6.07) is 3.90. The van der Waals surface area contributed by atoms with E-state index in [0.717, 1.165) is 36.5 Å². The molecule has 0 bridgehead atoms. The van der Waals surface area contributed by atoms with Gasteiger partial charge in [-0.3, -0.25) is 9.48 Å². The van der Waals surface area contributed by atoms with Crippen molar-refractivity contribution in [2.45, 2.75) is 39.3 Å². The summed E-state index contributed by atoms with van der Waals surface area (Å²) in [4.78, 5) is 12.1. The number of anilines is 1. The molecule has 1 N–H and O–H groups in total. The van der Waals surface area contributed by atoms with Crippen LogP contribution in [0.4, 0.5) is 5.69 Å². The van der Waals surface area contributed by atoms with Crippen LogP contribution in [0.1, 0.15) is 37.7 Å². The highest BCUT2D eigenvalue weighted by atomic mass is 16.1. The van der Waals surface area contributed by atoms with Gasteiger partial charge < -0.3 is 5.32 Å². The van der Waals surface area contributed by atoms with Gasteiger partial charge in [-0.15, -0.1) is 0 Å². The van der Waals surface area contributed by atoms with E-state index >= 15 is 0 Å². The molecule has 0 atom stereocenters. The zero-order valence-corrected chi connectivity index (χ0v) is 11.8. The Kier molecular flexibility index (Phi) is 3.30. The average Bonchev–Trinajstić information content (AvgIpc) is 2.88. The van der Waals surface area contributed by atoms with Crippen molar-refractivity contribution in [2.24, 2.45) is 0 Å². The van der Waals surface area contributed by atoms with Crippen LogP contribution in [0.3, 0.4) is 0 Å². The minimum Gasteiger partial charge on any atom is -0.383 e. The Labute approximate surface area is 117 Å². The molecule has 0 radical (unpaired) electrons. The number of aryl methyl sites for hydroxylation is 1. The van der Waals surface area contributed by atoms with Crippen molar-refractivity contribution in [3.05, 3.63) is 40.1 Å². The van der Waals surface area contributed by atoms with E-state index in [2.05, 4.69) is 29.4 Å². The van der Waals surface area contributed by atoms with Crippen molar-refractivity contribution >= 4 is 5.69 Å². The van der Waals surface area contributed by atoms with Crippen LogP contribution >= 0.6 is 0 Å². The molecule has 0 saturated heterocycles. The predicted molar refractivity (Wildman–Crippen MR) is 77.0 cm³/mol. The van der Waals surface area contributed by atoms with Crippen molar-refractivity contribution in [3.63, 3.8) is 0 Å². The topological polar surface area (TPSA) is 64.7 Å². The highest BCUT2D eigenvalue weighted by Gasteiger charge is 2.13. The zero-order chi connectivity index (χ0) is 14.1. The molecule has 2 aromatic heterocycles. The maximum atomic E-state index is 12.1. The monoisotopic (exact) mass is 273 g/mol. The first-order valence-corrected chi connectivity index (χ1v) is 7.02. The third-order valence-electron chi connectivity index (χ3n) is 3.48. The van der Waals surface area contributed by atoms with Crippen molar-refractivity contribution < 1.29 is 0 Å². The Morgan fingerprint density at radius 1 is 1.40 bits per heavy atom. The quantitative estimate of drug-likeness (QED) is 0.918. The van der Waals surface area contributed by atoms with E-state index in [4.69, 9.17) is 0 Å². The molecule has 0 amide bonds. The summed E-state index contributed by atoms with van der Waals surface area (Å²) in [7, 11) is 0. The molecule has 1 aliphatic rings. The fourth-order valence-electron chi connectivity index (χ4n) is 2.36. The first-order chi connectivity index (χ1) is 9.63. The van der Waals surface area contributed by atoms with Gasteiger partial charge in [0.2, 0.25) is 0 Å². The van der Waals surface area contributed by atoms with Gasteiger partial charge in [0.25, 0.3) is 5.56 Å². The van der Waals surface area contributed by atoms with E-state index in [1.165, 1.54) is 4.68 Å². The van der Waals surface area contributed by atoms with Gasteiger partial charge in [-0.05, 0) is 32.8 Å². The standard InChI is InChI=1S/C14H19N5O/c1-10(2)18-7-5-11(16-18)9-19-14(20)8-13-12(17-19)4-3-6-15-13/h5,7-8,10,15H,3-4,6,9H2,1-2H3. The van der Waals surface area contributed by atoms with E-state index in [0.29, 0.717) is 12.6 Å². The molecule has 0 aromatic carbocycles. The zero-order valence-electron chi connectivity index (χ0n) is 11.8. The van der Waals surface area contributed by atoms with Crippen LogP contribution in [-0.4, -0.2) is 26.1 Å². The minimum atomic E-state index is -0.0859. The fourth-order valence-corrected chi connectivity index (χ4v) is 2.36. The first-order valence-electron chi connectivity index (χ1n) is 7.02. The second kappa shape index (κ2) is 5.11. The number of fused-ring (bicyclic) bond motifs is 1. The smallest absolute Gasteiger partial charge is 0.269 e. The van der Waals surface area contributed by atoms with Crippen LogP contribution < -0.4 is 10.9 Å². The van der Waals surface area contributed by atoms with Gasteiger partial charge in [0, 0.05) is 24.8 Å². The van der Waals surface area contributed by atoms with Crippen LogP contribution in [0.15, 0.2) is 23.1 Å². The Balaban J connectivity index is 1.88. The molecule has 0 fully saturated rings. The maximum Gasteiger partial charge on any atom is 0.269 e. The Morgan fingerprint density at radius 3 is 3.00 bits per heavy atom. The Bertz CT molecular complexity index is 670. The second-order valence-corrected chi connectivity index (χ2v) is 5.41. The molecule has 0 unspecified atom stereocenters. The van der Waals surface area contributed by atoms with Gasteiger partial charge in [0.05, 0.1) is 23.6 Å². The summed E-state index contributed by atoms with van der Waals surface area (Å²) in [6.07, 6.45) is 3.91. The van der Waals surface area contributed by atoms with Gasteiger partial charge in [0.15, 0.2) is 0 Å². The van der Waals surface area contributed by atoms with Gasteiger partial charge in [-0.1, -0.05) is 0 Å². The van der Waals surface area contributed by atoms with E-state index in [1.54, 1.807) is 6.07 Å². The SMILES string of the molecule is CC(C)n1ccc(Cn2nc3c(cc2=O)NCCC3)n1. The van der Waals surface area contributed by atoms with Crippen molar-refractivity contribution in [2.75, 3.05) is 11.9 Å². The lowest BCUT2D eigenvalue weighted by Gasteiger charge is -2.17. The molecule has 6 nitrogen and oxygen atoms in total. The lowest BCUT2D eigenvalue weighted by Crippen LogP contribution is -2.27. The molecule has 0 saturated carbocycles. The molecule has 0 aliphatic carbocycles. The molecule has 1 aliphatic heterocycles. The summed E-state index contributed by atoms with van der Waals surface area (Å²) < 4.78 is 3.39. The Morgan fingerprint density at radius 2 is 2.25 bits per heavy atom. The number of hydrogen-bond acceptors (Lipinski definition) is 4. The van der Waals surface area contributed by atoms with Gasteiger partial charge in [-0.2, -0.15) is 10.2 Å². The van der Waals surface area contributed by atoms with Crippen molar-refractivity contribution in [1.82, 2.24) is 19.6 Å². The lowest BCUT2D eigenvalue weighted by atomic mass is 10.1. The lowest BCUT2D eigenvalue weighted by molar-refractivity contribution is 0.516. The summed E-state index contributed by atoms with van der Waals surface area (Å²) in [6.45, 7) is 5.49. The number of hydrogen-bond donors (Lipinski definition) is 1. The molecule has 106 valence electrons. The van der Waals surface area contributed by atoms with E-state index in [-0.39, 0.29) is 5.56 Å². The number of nitrogens with one attached hydrogen (secondary N) is 1. The summed E-state index contributed by atoms with van der Waals surface area (Å²) in [5.74, 6) is 0. The first kappa shape index (κ1) is 12.9. The van der Waals surface area contributed by atoms with Crippen LogP contribution in [-0.2, 0) is 13.0 Å². The molecule has 0 spiro atoms. The van der Waals surface area contributed by atoms with E-state index in [1.807, 2.05) is 16.9 Å². The van der Waals surface area contributed by atoms with Gasteiger partial charge in [-0.25, -0.2) is 4.68 Å². The van der Waals surface area contributed by atoms with E-state index in [9.17, 15) is 4.79 Å². The molecule has 20 heavy (non-hydrogen) atoms. The highest BCUT2D eigenvalue weighted by molar-refractivity contribution is 5.48. The third kappa shape index (κ3) is 2.45. The summed E-state index contributed by atoms with van der Waals surface area (Å²) >= 11 is 0. The minimum absolute atomic E-state index is 0.0859. The Hall–Kier alpha value is -2.11. The maximum absolute atomic E-state index is 12.1. The predicted octanol–water partition coefficient (Wildman–Crippen LogP) is 1.43. The van der Waals surface area contributed by atoms with Crippen LogP contribution in [0, 0.1) is 0 Å². The highest BCUT2D eigenvalue weighted by Crippen LogP contribution is 2.16. The molecule has 3 heterocycles. The molecule has 2 aromatic rings. The summed E-state index contributed by atoms with van der Waals surface area (Å²) in [5, 5.41) is 12.1. The van der Waals surface area contributed by atoms with Crippen LogP contribution in [0.2, 0.25) is 0 Å². The third-order valence-corrected chi connectivity index (χ3v) is 3.48.